The molecule has 4 heterocycles. The molecule has 1 aromatic rings. The van der Waals surface area contributed by atoms with Crippen LogP contribution < -0.4 is 5.32 Å². The van der Waals surface area contributed by atoms with Gasteiger partial charge in [0.1, 0.15) is 0 Å². The molecule has 5 nitrogen and oxygen atoms in total. The molecular formula is C20H29N3O2S. The molecule has 1 N–H and O–H groups in total. The van der Waals surface area contributed by atoms with Crippen LogP contribution in [0.4, 0.5) is 0 Å². The molecule has 142 valence electrons. The number of thiophene rings is 1. The van der Waals surface area contributed by atoms with Gasteiger partial charge in [0, 0.05) is 44.2 Å². The van der Waals surface area contributed by atoms with Gasteiger partial charge in [-0.1, -0.05) is 26.3 Å². The number of hydrogen-bond acceptors (Lipinski definition) is 4. The molecule has 4 rings (SSSR count). The minimum atomic E-state index is -0.0990. The minimum absolute atomic E-state index is 0.0990. The highest BCUT2D eigenvalue weighted by atomic mass is 32.1. The predicted octanol–water partition coefficient (Wildman–Crippen LogP) is 2.45. The van der Waals surface area contributed by atoms with Crippen molar-refractivity contribution in [3.8, 4) is 0 Å². The van der Waals surface area contributed by atoms with Gasteiger partial charge in [0.2, 0.25) is 5.91 Å². The molecule has 3 aliphatic heterocycles. The van der Waals surface area contributed by atoms with Crippen LogP contribution in [-0.2, 0) is 4.79 Å². The number of carbonyl (C=O) groups is 2. The summed E-state index contributed by atoms with van der Waals surface area (Å²) >= 11 is 1.50. The van der Waals surface area contributed by atoms with Crippen molar-refractivity contribution in [1.29, 1.82) is 0 Å². The van der Waals surface area contributed by atoms with Crippen LogP contribution in [-0.4, -0.2) is 59.9 Å². The van der Waals surface area contributed by atoms with Gasteiger partial charge in [0.05, 0.1) is 10.8 Å². The van der Waals surface area contributed by atoms with Gasteiger partial charge in [-0.05, 0) is 30.2 Å². The lowest BCUT2D eigenvalue weighted by Gasteiger charge is -2.42. The lowest BCUT2D eigenvalue weighted by Crippen LogP contribution is -2.56. The van der Waals surface area contributed by atoms with Gasteiger partial charge in [-0.25, -0.2) is 0 Å². The number of carbonyl (C=O) groups excluding carboxylic acids is 2. The summed E-state index contributed by atoms with van der Waals surface area (Å²) in [7, 11) is 0. The molecule has 1 spiro atoms. The van der Waals surface area contributed by atoms with Gasteiger partial charge < -0.3 is 15.1 Å². The molecule has 2 amide bonds. The van der Waals surface area contributed by atoms with E-state index in [1.807, 2.05) is 22.4 Å². The van der Waals surface area contributed by atoms with Crippen molar-refractivity contribution < 1.29 is 9.59 Å². The van der Waals surface area contributed by atoms with Crippen LogP contribution in [0.15, 0.2) is 17.5 Å². The third kappa shape index (κ3) is 3.07. The predicted molar refractivity (Wildman–Crippen MR) is 103 cm³/mol. The van der Waals surface area contributed by atoms with E-state index < -0.39 is 0 Å². The van der Waals surface area contributed by atoms with Crippen LogP contribution in [0, 0.1) is 17.8 Å². The number of nitrogens with zero attached hydrogens (tertiary/aromatic N) is 2. The molecule has 1 aromatic heterocycles. The molecule has 3 saturated heterocycles. The van der Waals surface area contributed by atoms with Gasteiger partial charge in [0.15, 0.2) is 0 Å². The molecule has 0 bridgehead atoms. The van der Waals surface area contributed by atoms with Crippen LogP contribution >= 0.6 is 11.3 Å². The van der Waals surface area contributed by atoms with Crippen molar-refractivity contribution in [3.63, 3.8) is 0 Å². The van der Waals surface area contributed by atoms with Gasteiger partial charge in [0.25, 0.3) is 5.91 Å². The number of piperidine rings is 1. The summed E-state index contributed by atoms with van der Waals surface area (Å²) in [4.78, 5) is 30.5. The molecule has 3 fully saturated rings. The Bertz CT molecular complexity index is 667. The minimum Gasteiger partial charge on any atom is -0.350 e. The monoisotopic (exact) mass is 375 g/mol. The standard InChI is InChI=1S/C20H29N3O2S/c1-3-14(2)11-22-12-15-16(13-22)20(21-18(15)24)6-8-23(9-7-20)19(25)17-5-4-10-26-17/h4-5,10,14-16H,3,6-9,11-13H2,1-2H3,(H,21,24)/t14-,15-,16+/m1/s1. The Morgan fingerprint density at radius 1 is 1.38 bits per heavy atom. The lowest BCUT2D eigenvalue weighted by molar-refractivity contribution is -0.123. The van der Waals surface area contributed by atoms with E-state index in [4.69, 9.17) is 0 Å². The first-order valence-corrected chi connectivity index (χ1v) is 10.8. The summed E-state index contributed by atoms with van der Waals surface area (Å²) in [5.74, 6) is 1.59. The fourth-order valence-corrected chi connectivity index (χ4v) is 5.71. The Morgan fingerprint density at radius 2 is 2.15 bits per heavy atom. The fourth-order valence-electron chi connectivity index (χ4n) is 5.02. The Labute approximate surface area is 159 Å². The van der Waals surface area contributed by atoms with E-state index in [-0.39, 0.29) is 23.3 Å². The van der Waals surface area contributed by atoms with Gasteiger partial charge in [-0.15, -0.1) is 11.3 Å². The van der Waals surface area contributed by atoms with Crippen LogP contribution in [0.1, 0.15) is 42.8 Å². The highest BCUT2D eigenvalue weighted by molar-refractivity contribution is 7.12. The Balaban J connectivity index is 1.42. The average Bonchev–Trinajstić information content (AvgIpc) is 3.35. The first kappa shape index (κ1) is 18.0. The van der Waals surface area contributed by atoms with E-state index in [9.17, 15) is 9.59 Å². The molecule has 6 heteroatoms. The van der Waals surface area contributed by atoms with E-state index in [1.54, 1.807) is 0 Å². The van der Waals surface area contributed by atoms with Gasteiger partial charge in [-0.3, -0.25) is 9.59 Å². The fraction of sp³-hybridized carbons (Fsp3) is 0.700. The third-order valence-corrected chi connectivity index (χ3v) is 7.61. The molecule has 0 unspecified atom stereocenters. The molecule has 0 saturated carbocycles. The third-order valence-electron chi connectivity index (χ3n) is 6.76. The number of nitrogens with one attached hydrogen (secondary N) is 1. The normalized spacial score (nSPS) is 29.0. The first-order valence-electron chi connectivity index (χ1n) is 9.89. The topological polar surface area (TPSA) is 52.7 Å². The maximum Gasteiger partial charge on any atom is 0.263 e. The van der Waals surface area contributed by atoms with Crippen molar-refractivity contribution in [3.05, 3.63) is 22.4 Å². The molecule has 3 aliphatic rings. The van der Waals surface area contributed by atoms with Crippen molar-refractivity contribution in [2.75, 3.05) is 32.7 Å². The van der Waals surface area contributed by atoms with E-state index in [2.05, 4.69) is 24.1 Å². The molecular weight excluding hydrogens is 346 g/mol. The van der Waals surface area contributed by atoms with E-state index in [1.165, 1.54) is 17.8 Å². The molecule has 0 aliphatic carbocycles. The zero-order valence-electron chi connectivity index (χ0n) is 15.7. The van der Waals surface area contributed by atoms with E-state index >= 15 is 0 Å². The number of likely N-dealkylation sites (tertiary alicyclic amines) is 2. The van der Waals surface area contributed by atoms with Crippen LogP contribution in [0.3, 0.4) is 0 Å². The van der Waals surface area contributed by atoms with Crippen molar-refractivity contribution in [2.45, 2.75) is 38.6 Å². The van der Waals surface area contributed by atoms with Crippen molar-refractivity contribution in [1.82, 2.24) is 15.1 Å². The second-order valence-corrected chi connectivity index (χ2v) is 9.31. The summed E-state index contributed by atoms with van der Waals surface area (Å²) < 4.78 is 0. The summed E-state index contributed by atoms with van der Waals surface area (Å²) in [5.41, 5.74) is -0.0990. The average molecular weight is 376 g/mol. The van der Waals surface area contributed by atoms with E-state index in [0.29, 0.717) is 11.8 Å². The molecule has 26 heavy (non-hydrogen) atoms. The smallest absolute Gasteiger partial charge is 0.263 e. The van der Waals surface area contributed by atoms with Crippen molar-refractivity contribution in [2.24, 2.45) is 17.8 Å². The maximum atomic E-state index is 12.6. The lowest BCUT2D eigenvalue weighted by atomic mass is 9.75. The highest BCUT2D eigenvalue weighted by Crippen LogP contribution is 2.44. The Hall–Kier alpha value is -1.40. The maximum absolute atomic E-state index is 12.6. The van der Waals surface area contributed by atoms with Gasteiger partial charge in [-0.2, -0.15) is 0 Å². The van der Waals surface area contributed by atoms with E-state index in [0.717, 1.165) is 50.4 Å². The van der Waals surface area contributed by atoms with Crippen LogP contribution in [0.2, 0.25) is 0 Å². The number of fused-ring (bicyclic) bond motifs is 2. The number of rotatable bonds is 4. The Kier molecular flexibility index (Phi) is 4.82. The molecule has 3 atom stereocenters. The summed E-state index contributed by atoms with van der Waals surface area (Å²) in [6.45, 7) is 9.02. The first-order chi connectivity index (χ1) is 12.5. The van der Waals surface area contributed by atoms with Gasteiger partial charge >= 0.3 is 0 Å². The quantitative estimate of drug-likeness (QED) is 0.879. The SMILES string of the molecule is CC[C@@H](C)CN1C[C@H]2C(=O)NC3(CCN(C(=O)c4cccs4)CC3)[C@H]2C1. The Morgan fingerprint density at radius 3 is 2.81 bits per heavy atom. The number of amides is 2. The van der Waals surface area contributed by atoms with Crippen LogP contribution in [0.5, 0.6) is 0 Å². The summed E-state index contributed by atoms with van der Waals surface area (Å²) in [6, 6.07) is 3.82. The van der Waals surface area contributed by atoms with Crippen LogP contribution in [0.25, 0.3) is 0 Å². The molecule has 0 aromatic carbocycles. The number of hydrogen-bond donors (Lipinski definition) is 1. The largest absolute Gasteiger partial charge is 0.350 e. The second kappa shape index (κ2) is 6.97. The second-order valence-electron chi connectivity index (χ2n) is 8.36. The summed E-state index contributed by atoms with van der Waals surface area (Å²) in [5, 5.41) is 5.30. The zero-order valence-corrected chi connectivity index (χ0v) is 16.6. The summed E-state index contributed by atoms with van der Waals surface area (Å²) in [6.07, 6.45) is 2.95. The zero-order chi connectivity index (χ0) is 18.3. The molecule has 0 radical (unpaired) electrons. The van der Waals surface area contributed by atoms with Crippen molar-refractivity contribution >= 4 is 23.2 Å². The highest BCUT2D eigenvalue weighted by Gasteiger charge is 2.57.